The summed E-state index contributed by atoms with van der Waals surface area (Å²) in [6.45, 7) is 0. The molecular formula is C39H25N4OPt-. The molecule has 1 aliphatic carbocycles. The van der Waals surface area contributed by atoms with E-state index in [1.807, 2.05) is 66.7 Å². The van der Waals surface area contributed by atoms with Crippen molar-refractivity contribution in [1.82, 2.24) is 20.2 Å². The summed E-state index contributed by atoms with van der Waals surface area (Å²) in [5.74, 6) is 0.191. The minimum atomic E-state index is -0.781. The number of rotatable bonds is 5. The van der Waals surface area contributed by atoms with Crippen molar-refractivity contribution in [2.24, 2.45) is 0 Å². The first kappa shape index (κ1) is 28.5. The first-order chi connectivity index (χ1) is 21.7. The number of hydrogen-bond acceptors (Lipinski definition) is 5. The molecule has 0 saturated heterocycles. The van der Waals surface area contributed by atoms with Crippen LogP contribution in [0.2, 0.25) is 0 Å². The Hall–Kier alpha value is -5.25. The van der Waals surface area contributed by atoms with Crippen molar-refractivity contribution in [3.05, 3.63) is 174 Å². The van der Waals surface area contributed by atoms with E-state index in [9.17, 15) is 5.11 Å². The summed E-state index contributed by atoms with van der Waals surface area (Å²) in [5.41, 5.74) is 10.1. The molecule has 0 aliphatic heterocycles. The summed E-state index contributed by atoms with van der Waals surface area (Å²) in [7, 11) is 0. The number of pyridine rings is 1. The SMILES string of the molecule is Oc1ccccc1-c1cccc(C2(c3[c-]c(-c4ncnnc4-c4ccccc4)ccc3)c3ccccc3-c3ccccc32)n1.[Pt]. The number of aromatic hydroxyl groups is 1. The van der Waals surface area contributed by atoms with Crippen molar-refractivity contribution in [2.45, 2.75) is 5.41 Å². The Labute approximate surface area is 275 Å². The zero-order chi connectivity index (χ0) is 29.5. The van der Waals surface area contributed by atoms with Gasteiger partial charge in [0.2, 0.25) is 0 Å². The van der Waals surface area contributed by atoms with Gasteiger partial charge in [-0.3, -0.25) is 9.97 Å². The molecular weight excluding hydrogens is 736 g/mol. The van der Waals surface area contributed by atoms with Gasteiger partial charge in [0.15, 0.2) is 0 Å². The quantitative estimate of drug-likeness (QED) is 0.180. The van der Waals surface area contributed by atoms with Crippen LogP contribution in [-0.4, -0.2) is 25.3 Å². The number of phenols is 1. The van der Waals surface area contributed by atoms with Gasteiger partial charge in [-0.2, -0.15) is 5.10 Å². The predicted octanol–water partition coefficient (Wildman–Crippen LogP) is 8.13. The van der Waals surface area contributed by atoms with Crippen molar-refractivity contribution in [3.8, 4) is 50.6 Å². The first-order valence-electron chi connectivity index (χ1n) is 14.5. The van der Waals surface area contributed by atoms with Gasteiger partial charge in [-0.15, -0.1) is 40.5 Å². The van der Waals surface area contributed by atoms with E-state index >= 15 is 0 Å². The van der Waals surface area contributed by atoms with Gasteiger partial charge >= 0.3 is 0 Å². The Balaban J connectivity index is 0.00000325. The number of phenolic OH excluding ortho intramolecular Hbond substituents is 1. The van der Waals surface area contributed by atoms with Crippen LogP contribution in [0.1, 0.15) is 22.4 Å². The van der Waals surface area contributed by atoms with E-state index in [2.05, 4.69) is 83.0 Å². The molecule has 218 valence electrons. The number of para-hydroxylation sites is 1. The van der Waals surface area contributed by atoms with E-state index in [1.54, 1.807) is 6.07 Å². The average molecular weight is 761 g/mol. The van der Waals surface area contributed by atoms with E-state index in [0.29, 0.717) is 22.6 Å². The molecule has 2 heterocycles. The molecule has 6 heteroatoms. The van der Waals surface area contributed by atoms with Crippen molar-refractivity contribution in [1.29, 1.82) is 0 Å². The Kier molecular flexibility index (Phi) is 7.40. The second-order valence-electron chi connectivity index (χ2n) is 10.8. The number of benzene rings is 5. The van der Waals surface area contributed by atoms with Crippen LogP contribution >= 0.6 is 0 Å². The van der Waals surface area contributed by atoms with Gasteiger partial charge in [0.05, 0.1) is 22.5 Å². The van der Waals surface area contributed by atoms with Gasteiger partial charge in [0, 0.05) is 32.3 Å². The van der Waals surface area contributed by atoms with Crippen LogP contribution in [0.5, 0.6) is 5.75 Å². The zero-order valence-electron chi connectivity index (χ0n) is 23.9. The summed E-state index contributed by atoms with van der Waals surface area (Å²) in [6, 6.07) is 50.3. The molecule has 1 aliphatic rings. The predicted molar refractivity (Wildman–Crippen MR) is 172 cm³/mol. The third-order valence-electron chi connectivity index (χ3n) is 8.39. The third kappa shape index (κ3) is 4.59. The molecule has 0 bridgehead atoms. The number of aromatic nitrogens is 4. The van der Waals surface area contributed by atoms with Gasteiger partial charge < -0.3 is 5.11 Å². The second kappa shape index (κ2) is 11.7. The molecule has 0 spiro atoms. The molecule has 45 heavy (non-hydrogen) atoms. The standard InChI is InChI=1S/C39H25N4O.Pt/c44-35-22-9-6-18-31(35)34-21-11-23-36(42-34)39(32-19-7-4-16-29(32)30-17-5-8-20-33(30)39)28-15-10-14-27(24-28)37-38(43-41-25-40-37)26-12-2-1-3-13-26;/h1-23,25,44H;/q-1;. The summed E-state index contributed by atoms with van der Waals surface area (Å²) >= 11 is 0. The summed E-state index contributed by atoms with van der Waals surface area (Å²) in [5, 5.41) is 19.3. The van der Waals surface area contributed by atoms with E-state index in [-0.39, 0.29) is 26.8 Å². The number of hydrogen-bond donors (Lipinski definition) is 1. The van der Waals surface area contributed by atoms with Crippen LogP contribution in [0.4, 0.5) is 0 Å². The second-order valence-corrected chi connectivity index (χ2v) is 10.8. The maximum Gasteiger partial charge on any atom is 0.128 e. The molecule has 0 unspecified atom stereocenters. The van der Waals surface area contributed by atoms with Crippen LogP contribution in [0.25, 0.3) is 44.9 Å². The Morgan fingerprint density at radius 3 is 1.96 bits per heavy atom. The molecule has 0 fully saturated rings. The van der Waals surface area contributed by atoms with E-state index in [1.165, 1.54) is 6.33 Å². The maximum absolute atomic E-state index is 10.7. The fourth-order valence-electron chi connectivity index (χ4n) is 6.51. The van der Waals surface area contributed by atoms with Crippen LogP contribution < -0.4 is 0 Å². The summed E-state index contributed by atoms with van der Waals surface area (Å²) in [6.07, 6.45) is 1.48. The smallest absolute Gasteiger partial charge is 0.128 e. The van der Waals surface area contributed by atoms with Gasteiger partial charge in [0.1, 0.15) is 12.1 Å². The van der Waals surface area contributed by atoms with Gasteiger partial charge in [-0.25, -0.2) is 0 Å². The largest absolute Gasteiger partial charge is 0.507 e. The zero-order valence-corrected chi connectivity index (χ0v) is 26.2. The Morgan fingerprint density at radius 2 is 1.22 bits per heavy atom. The topological polar surface area (TPSA) is 71.8 Å². The van der Waals surface area contributed by atoms with Crippen LogP contribution in [0.15, 0.2) is 146 Å². The van der Waals surface area contributed by atoms with Crippen LogP contribution in [0, 0.1) is 6.07 Å². The van der Waals surface area contributed by atoms with Crippen molar-refractivity contribution < 1.29 is 26.2 Å². The average Bonchev–Trinajstić information content (AvgIpc) is 3.40. The Morgan fingerprint density at radius 1 is 0.578 bits per heavy atom. The monoisotopic (exact) mass is 760 g/mol. The Bertz CT molecular complexity index is 2120. The van der Waals surface area contributed by atoms with E-state index < -0.39 is 5.41 Å². The molecule has 2 aromatic heterocycles. The van der Waals surface area contributed by atoms with Crippen LogP contribution in [-0.2, 0) is 26.5 Å². The molecule has 0 amide bonds. The maximum atomic E-state index is 10.7. The first-order valence-corrected chi connectivity index (χ1v) is 14.5. The summed E-state index contributed by atoms with van der Waals surface area (Å²) < 4.78 is 0. The molecule has 0 atom stereocenters. The van der Waals surface area contributed by atoms with E-state index in [0.717, 1.165) is 44.6 Å². The molecule has 5 aromatic carbocycles. The van der Waals surface area contributed by atoms with Crippen molar-refractivity contribution >= 4 is 0 Å². The minimum absolute atomic E-state index is 0. The fourth-order valence-corrected chi connectivity index (χ4v) is 6.51. The summed E-state index contributed by atoms with van der Waals surface area (Å²) in [4.78, 5) is 9.97. The number of fused-ring (bicyclic) bond motifs is 3. The number of nitrogens with zero attached hydrogens (tertiary/aromatic N) is 4. The molecule has 0 radical (unpaired) electrons. The molecule has 7 aromatic rings. The molecule has 5 nitrogen and oxygen atoms in total. The van der Waals surface area contributed by atoms with Gasteiger partial charge in [-0.1, -0.05) is 97.1 Å². The molecule has 1 N–H and O–H groups in total. The van der Waals surface area contributed by atoms with Crippen molar-refractivity contribution in [2.75, 3.05) is 0 Å². The fraction of sp³-hybridized carbons (Fsp3) is 0.0256. The molecule has 8 rings (SSSR count). The van der Waals surface area contributed by atoms with Gasteiger partial charge in [-0.05, 0) is 52.1 Å². The third-order valence-corrected chi connectivity index (χ3v) is 8.39. The van der Waals surface area contributed by atoms with E-state index in [4.69, 9.17) is 9.97 Å². The minimum Gasteiger partial charge on any atom is -0.507 e. The van der Waals surface area contributed by atoms with Crippen LogP contribution in [0.3, 0.4) is 0 Å². The van der Waals surface area contributed by atoms with Crippen molar-refractivity contribution in [3.63, 3.8) is 0 Å². The molecule has 0 saturated carbocycles. The normalized spacial score (nSPS) is 12.5. The van der Waals surface area contributed by atoms with Gasteiger partial charge in [0.25, 0.3) is 0 Å².